The smallest absolute Gasteiger partial charge is 0.197 e. The summed E-state index contributed by atoms with van der Waals surface area (Å²) in [4.78, 5) is 0. The zero-order chi connectivity index (χ0) is 13.7. The predicted molar refractivity (Wildman–Crippen MR) is 81.9 cm³/mol. The Balaban J connectivity index is 1.76. The van der Waals surface area contributed by atoms with Gasteiger partial charge in [0, 0.05) is 6.54 Å². The number of ether oxygens (including phenoxy) is 1. The minimum Gasteiger partial charge on any atom is -0.487 e. The molecule has 1 heterocycles. The lowest BCUT2D eigenvalue weighted by Gasteiger charge is -2.26. The first kappa shape index (κ1) is 14.4. The van der Waals surface area contributed by atoms with Crippen LogP contribution < -0.4 is 15.8 Å². The van der Waals surface area contributed by atoms with Gasteiger partial charge in [0.15, 0.2) is 16.6 Å². The molecule has 1 aliphatic carbocycles. The summed E-state index contributed by atoms with van der Waals surface area (Å²) in [5.41, 5.74) is 5.79. The highest BCUT2D eigenvalue weighted by atomic mass is 32.1. The molecule has 0 unspecified atom stereocenters. The van der Waals surface area contributed by atoms with Gasteiger partial charge in [-0.05, 0) is 36.7 Å². The largest absolute Gasteiger partial charge is 0.487 e. The Labute approximate surface area is 119 Å². The van der Waals surface area contributed by atoms with E-state index in [1.807, 2.05) is 6.92 Å². The van der Waals surface area contributed by atoms with Gasteiger partial charge < -0.3 is 15.8 Å². The Morgan fingerprint density at radius 1 is 1.37 bits per heavy atom. The van der Waals surface area contributed by atoms with E-state index in [0.717, 1.165) is 29.1 Å². The van der Waals surface area contributed by atoms with Crippen molar-refractivity contribution in [1.29, 1.82) is 0 Å². The lowest BCUT2D eigenvalue weighted by Crippen LogP contribution is -2.15. The molecule has 0 aliphatic heterocycles. The van der Waals surface area contributed by atoms with Gasteiger partial charge in [0.05, 0.1) is 6.61 Å². The van der Waals surface area contributed by atoms with Crippen LogP contribution in [0.4, 0.5) is 10.8 Å². The van der Waals surface area contributed by atoms with Crippen LogP contribution in [0.3, 0.4) is 0 Å². The third kappa shape index (κ3) is 4.00. The summed E-state index contributed by atoms with van der Waals surface area (Å²) in [5, 5.41) is 4.40. The summed E-state index contributed by atoms with van der Waals surface area (Å²) in [7, 11) is 0. The molecule has 1 aromatic heterocycles. The molecule has 1 fully saturated rings. The molecule has 2 rings (SSSR count). The Morgan fingerprint density at radius 2 is 2.11 bits per heavy atom. The molecule has 3 N–H and O–H groups in total. The van der Waals surface area contributed by atoms with Crippen LogP contribution in [0, 0.1) is 11.8 Å². The van der Waals surface area contributed by atoms with Gasteiger partial charge >= 0.3 is 0 Å². The van der Waals surface area contributed by atoms with Crippen LogP contribution in [0.25, 0.3) is 0 Å². The van der Waals surface area contributed by atoms with Crippen molar-refractivity contribution in [3.63, 3.8) is 0 Å². The van der Waals surface area contributed by atoms with Crippen molar-refractivity contribution in [3.8, 4) is 5.75 Å². The molecule has 0 bridgehead atoms. The fourth-order valence-electron chi connectivity index (χ4n) is 2.70. The molecule has 1 aromatic rings. The van der Waals surface area contributed by atoms with E-state index < -0.39 is 0 Å². The summed E-state index contributed by atoms with van der Waals surface area (Å²) >= 11 is 1.39. The van der Waals surface area contributed by atoms with Gasteiger partial charge in [-0.15, -0.1) is 0 Å². The van der Waals surface area contributed by atoms with Gasteiger partial charge in [-0.1, -0.05) is 32.6 Å². The van der Waals surface area contributed by atoms with Gasteiger partial charge in [0.25, 0.3) is 0 Å². The topological polar surface area (TPSA) is 60.2 Å². The summed E-state index contributed by atoms with van der Waals surface area (Å²) < 4.78 is 9.67. The fraction of sp³-hybridized carbons (Fsp3) is 0.786. The lowest BCUT2D eigenvalue weighted by molar-refractivity contribution is 0.282. The van der Waals surface area contributed by atoms with Crippen LogP contribution in [-0.4, -0.2) is 17.5 Å². The van der Waals surface area contributed by atoms with Crippen LogP contribution in [0.1, 0.15) is 46.0 Å². The highest BCUT2D eigenvalue weighted by molar-refractivity contribution is 7.11. The monoisotopic (exact) mass is 283 g/mol. The molecule has 5 heteroatoms. The third-order valence-electron chi connectivity index (χ3n) is 3.94. The molecular formula is C14H25N3OS. The van der Waals surface area contributed by atoms with Gasteiger partial charge in [0.1, 0.15) is 0 Å². The minimum atomic E-state index is 0.501. The normalized spacial score (nSPS) is 23.3. The maximum Gasteiger partial charge on any atom is 0.197 e. The molecule has 1 saturated carbocycles. The summed E-state index contributed by atoms with van der Waals surface area (Å²) in [5.74, 6) is 3.03. The van der Waals surface area contributed by atoms with Gasteiger partial charge in [-0.2, -0.15) is 4.37 Å². The first-order chi connectivity index (χ1) is 9.20. The summed E-state index contributed by atoms with van der Waals surface area (Å²) in [6.07, 6.45) is 6.78. The van der Waals surface area contributed by atoms with Gasteiger partial charge in [0.2, 0.25) is 0 Å². The van der Waals surface area contributed by atoms with E-state index in [0.29, 0.717) is 12.4 Å². The Bertz CT molecular complexity index is 386. The van der Waals surface area contributed by atoms with Crippen molar-refractivity contribution in [2.24, 2.45) is 11.8 Å². The fourth-order valence-corrected chi connectivity index (χ4v) is 3.38. The van der Waals surface area contributed by atoms with Crippen LogP contribution in [-0.2, 0) is 0 Å². The average Bonchev–Trinajstić information content (AvgIpc) is 2.74. The second-order valence-corrected chi connectivity index (χ2v) is 6.27. The molecule has 0 aromatic carbocycles. The highest BCUT2D eigenvalue weighted by Crippen LogP contribution is 2.35. The molecule has 108 valence electrons. The van der Waals surface area contributed by atoms with Crippen molar-refractivity contribution in [2.75, 3.05) is 24.2 Å². The van der Waals surface area contributed by atoms with E-state index in [4.69, 9.17) is 10.5 Å². The molecule has 0 amide bonds. The number of anilines is 2. The van der Waals surface area contributed by atoms with Crippen molar-refractivity contribution < 1.29 is 4.74 Å². The number of nitrogen functional groups attached to an aromatic ring is 1. The first-order valence-electron chi connectivity index (χ1n) is 7.32. The Morgan fingerprint density at radius 3 is 2.79 bits per heavy atom. The van der Waals surface area contributed by atoms with E-state index in [1.165, 1.54) is 43.6 Å². The van der Waals surface area contributed by atoms with Crippen LogP contribution in [0.2, 0.25) is 0 Å². The van der Waals surface area contributed by atoms with Crippen LogP contribution in [0.15, 0.2) is 0 Å². The number of nitrogens with two attached hydrogens (primary N) is 1. The highest BCUT2D eigenvalue weighted by Gasteiger charge is 2.18. The Kier molecular flexibility index (Phi) is 5.31. The first-order valence-corrected chi connectivity index (χ1v) is 8.09. The zero-order valence-electron chi connectivity index (χ0n) is 11.9. The second kappa shape index (κ2) is 6.98. The number of rotatable bonds is 6. The van der Waals surface area contributed by atoms with E-state index in [1.54, 1.807) is 0 Å². The zero-order valence-corrected chi connectivity index (χ0v) is 12.8. The van der Waals surface area contributed by atoms with E-state index in [-0.39, 0.29) is 0 Å². The van der Waals surface area contributed by atoms with Crippen molar-refractivity contribution in [3.05, 3.63) is 0 Å². The molecule has 19 heavy (non-hydrogen) atoms. The molecule has 0 radical (unpaired) electrons. The summed E-state index contributed by atoms with van der Waals surface area (Å²) in [6.45, 7) is 5.94. The van der Waals surface area contributed by atoms with E-state index in [9.17, 15) is 0 Å². The number of nitrogens with zero attached hydrogens (tertiary/aromatic N) is 1. The molecular weight excluding hydrogens is 258 g/mol. The third-order valence-corrected chi connectivity index (χ3v) is 4.74. The van der Waals surface area contributed by atoms with Crippen molar-refractivity contribution in [2.45, 2.75) is 46.0 Å². The average molecular weight is 283 g/mol. The Hall–Kier alpha value is -0.970. The SMILES string of the molecule is CCOc1c(N)nsc1NCCC1CCC(C)CC1. The van der Waals surface area contributed by atoms with Crippen molar-refractivity contribution >= 4 is 22.4 Å². The number of nitrogens with one attached hydrogen (secondary N) is 1. The quantitative estimate of drug-likeness (QED) is 0.834. The molecule has 0 saturated heterocycles. The molecule has 0 atom stereocenters. The number of hydrogen-bond donors (Lipinski definition) is 2. The number of aromatic nitrogens is 1. The predicted octanol–water partition coefficient (Wildman–Crippen LogP) is 3.75. The second-order valence-electron chi connectivity index (χ2n) is 5.50. The molecule has 4 nitrogen and oxygen atoms in total. The number of hydrogen-bond acceptors (Lipinski definition) is 5. The maximum absolute atomic E-state index is 5.79. The standard InChI is InChI=1S/C14H25N3OS/c1-3-18-12-13(15)17-19-14(12)16-9-8-11-6-4-10(2)5-7-11/h10-11,16H,3-9H2,1-2H3,(H2,15,17). The van der Waals surface area contributed by atoms with Crippen molar-refractivity contribution in [1.82, 2.24) is 4.37 Å². The van der Waals surface area contributed by atoms with Gasteiger partial charge in [-0.3, -0.25) is 0 Å². The molecule has 1 aliphatic rings. The summed E-state index contributed by atoms with van der Waals surface area (Å²) in [6, 6.07) is 0. The van der Waals surface area contributed by atoms with Crippen LogP contribution >= 0.6 is 11.5 Å². The van der Waals surface area contributed by atoms with Gasteiger partial charge in [-0.25, -0.2) is 0 Å². The maximum atomic E-state index is 5.79. The van der Waals surface area contributed by atoms with Crippen LogP contribution in [0.5, 0.6) is 5.75 Å². The minimum absolute atomic E-state index is 0.501. The lowest BCUT2D eigenvalue weighted by atomic mass is 9.81. The molecule has 0 spiro atoms. The van der Waals surface area contributed by atoms with E-state index in [2.05, 4.69) is 16.6 Å². The van der Waals surface area contributed by atoms with E-state index >= 15 is 0 Å².